The van der Waals surface area contributed by atoms with Crippen molar-refractivity contribution in [2.75, 3.05) is 17.1 Å². The molecule has 0 aliphatic rings. The normalized spacial score (nSPS) is 11.1. The summed E-state index contributed by atoms with van der Waals surface area (Å²) in [6, 6.07) is 6.87. The molecule has 0 radical (unpaired) electrons. The first-order chi connectivity index (χ1) is 7.57. The Balaban J connectivity index is 2.68. The Morgan fingerprint density at radius 2 is 1.81 bits per heavy atom. The topological polar surface area (TPSA) is 55.4 Å². The van der Waals surface area contributed by atoms with E-state index in [-0.39, 0.29) is 5.75 Å². The molecule has 1 rings (SSSR count). The third kappa shape index (κ3) is 4.10. The van der Waals surface area contributed by atoms with Gasteiger partial charge >= 0.3 is 0 Å². The molecule has 0 aliphatic carbocycles. The van der Waals surface area contributed by atoms with Crippen LogP contribution in [0.3, 0.4) is 0 Å². The van der Waals surface area contributed by atoms with E-state index in [4.69, 9.17) is 4.74 Å². The largest absolute Gasteiger partial charge is 0.494 e. The summed E-state index contributed by atoms with van der Waals surface area (Å²) in [6.07, 6.45) is 0.604. The molecule has 1 aromatic rings. The van der Waals surface area contributed by atoms with Crippen LogP contribution in [0.15, 0.2) is 24.3 Å². The number of anilines is 1. The highest BCUT2D eigenvalue weighted by Gasteiger charge is 2.08. The Morgan fingerprint density at radius 3 is 2.31 bits per heavy atom. The van der Waals surface area contributed by atoms with E-state index in [1.54, 1.807) is 24.3 Å². The molecule has 0 fully saturated rings. The molecule has 0 saturated heterocycles. The van der Waals surface area contributed by atoms with Gasteiger partial charge in [0.15, 0.2) is 0 Å². The van der Waals surface area contributed by atoms with E-state index >= 15 is 0 Å². The lowest BCUT2D eigenvalue weighted by Gasteiger charge is -2.08. The van der Waals surface area contributed by atoms with Crippen molar-refractivity contribution in [2.45, 2.75) is 20.3 Å². The van der Waals surface area contributed by atoms with Gasteiger partial charge in [-0.1, -0.05) is 6.92 Å². The average molecular weight is 243 g/mol. The molecule has 0 atom stereocenters. The lowest BCUT2D eigenvalue weighted by Crippen LogP contribution is -2.15. The second kappa shape index (κ2) is 5.75. The van der Waals surface area contributed by atoms with Crippen molar-refractivity contribution in [3.63, 3.8) is 0 Å². The van der Waals surface area contributed by atoms with Crippen LogP contribution in [0, 0.1) is 0 Å². The first-order valence-corrected chi connectivity index (χ1v) is 6.96. The summed E-state index contributed by atoms with van der Waals surface area (Å²) >= 11 is 0. The highest BCUT2D eigenvalue weighted by molar-refractivity contribution is 7.92. The molecular formula is C11H17NO3S. The number of benzene rings is 1. The maximum absolute atomic E-state index is 11.5. The number of sulfonamides is 1. The number of hydrogen-bond acceptors (Lipinski definition) is 3. The van der Waals surface area contributed by atoms with Gasteiger partial charge in [-0.05, 0) is 37.6 Å². The maximum atomic E-state index is 11.5. The van der Waals surface area contributed by atoms with Crippen LogP contribution in [-0.4, -0.2) is 20.8 Å². The molecular weight excluding hydrogens is 226 g/mol. The SMILES string of the molecule is CCCS(=O)(=O)Nc1ccc(OCC)cc1. The van der Waals surface area contributed by atoms with Gasteiger partial charge in [0, 0.05) is 5.69 Å². The fraction of sp³-hybridized carbons (Fsp3) is 0.455. The van der Waals surface area contributed by atoms with E-state index in [1.807, 2.05) is 13.8 Å². The molecule has 0 bridgehead atoms. The molecule has 1 N–H and O–H groups in total. The Bertz CT molecular complexity index is 411. The minimum Gasteiger partial charge on any atom is -0.494 e. The van der Waals surface area contributed by atoms with Gasteiger partial charge in [-0.3, -0.25) is 4.72 Å². The van der Waals surface area contributed by atoms with Crippen LogP contribution < -0.4 is 9.46 Å². The third-order valence-corrected chi connectivity index (χ3v) is 3.40. The number of rotatable bonds is 6. The lowest BCUT2D eigenvalue weighted by molar-refractivity contribution is 0.340. The van der Waals surface area contributed by atoms with Crippen molar-refractivity contribution in [1.82, 2.24) is 0 Å². The van der Waals surface area contributed by atoms with Crippen molar-refractivity contribution in [2.24, 2.45) is 0 Å². The molecule has 0 spiro atoms. The van der Waals surface area contributed by atoms with Gasteiger partial charge in [-0.15, -0.1) is 0 Å². The van der Waals surface area contributed by atoms with Crippen LogP contribution in [0.5, 0.6) is 5.75 Å². The fourth-order valence-electron chi connectivity index (χ4n) is 1.29. The van der Waals surface area contributed by atoms with Gasteiger partial charge in [0.1, 0.15) is 5.75 Å². The first-order valence-electron chi connectivity index (χ1n) is 5.30. The van der Waals surface area contributed by atoms with E-state index in [1.165, 1.54) is 0 Å². The zero-order valence-electron chi connectivity index (χ0n) is 9.56. The zero-order valence-corrected chi connectivity index (χ0v) is 10.4. The number of hydrogen-bond donors (Lipinski definition) is 1. The van der Waals surface area contributed by atoms with Gasteiger partial charge in [-0.2, -0.15) is 0 Å². The Hall–Kier alpha value is -1.23. The first kappa shape index (κ1) is 12.8. The minimum absolute atomic E-state index is 0.139. The van der Waals surface area contributed by atoms with Crippen molar-refractivity contribution >= 4 is 15.7 Å². The van der Waals surface area contributed by atoms with Crippen LogP contribution in [0.1, 0.15) is 20.3 Å². The molecule has 90 valence electrons. The highest BCUT2D eigenvalue weighted by atomic mass is 32.2. The Labute approximate surface area is 96.7 Å². The predicted octanol–water partition coefficient (Wildman–Crippen LogP) is 2.24. The van der Waals surface area contributed by atoms with Crippen LogP contribution in [0.4, 0.5) is 5.69 Å². The average Bonchev–Trinajstić information content (AvgIpc) is 2.21. The van der Waals surface area contributed by atoms with Crippen LogP contribution >= 0.6 is 0 Å². The van der Waals surface area contributed by atoms with Crippen molar-refractivity contribution < 1.29 is 13.2 Å². The molecule has 4 nitrogen and oxygen atoms in total. The molecule has 0 saturated carbocycles. The molecule has 5 heteroatoms. The van der Waals surface area contributed by atoms with Gasteiger partial charge in [-0.25, -0.2) is 8.42 Å². The van der Waals surface area contributed by atoms with E-state index in [2.05, 4.69) is 4.72 Å². The molecule has 0 heterocycles. The van der Waals surface area contributed by atoms with Crippen molar-refractivity contribution in [3.8, 4) is 5.75 Å². The van der Waals surface area contributed by atoms with Crippen molar-refractivity contribution in [3.05, 3.63) is 24.3 Å². The fourth-order valence-corrected chi connectivity index (χ4v) is 2.42. The molecule has 0 aliphatic heterocycles. The molecule has 0 unspecified atom stereocenters. The van der Waals surface area contributed by atoms with E-state index in [0.29, 0.717) is 18.7 Å². The summed E-state index contributed by atoms with van der Waals surface area (Å²) in [6.45, 7) is 4.33. The monoisotopic (exact) mass is 243 g/mol. The Morgan fingerprint density at radius 1 is 1.19 bits per heavy atom. The van der Waals surface area contributed by atoms with Gasteiger partial charge in [0.2, 0.25) is 10.0 Å². The summed E-state index contributed by atoms with van der Waals surface area (Å²) in [7, 11) is -3.20. The summed E-state index contributed by atoms with van der Waals surface area (Å²) in [5, 5.41) is 0. The second-order valence-corrected chi connectivity index (χ2v) is 5.22. The number of nitrogens with one attached hydrogen (secondary N) is 1. The molecule has 0 aromatic heterocycles. The van der Waals surface area contributed by atoms with Gasteiger partial charge < -0.3 is 4.74 Å². The smallest absolute Gasteiger partial charge is 0.232 e. The Kier molecular flexibility index (Phi) is 4.61. The second-order valence-electron chi connectivity index (χ2n) is 3.38. The van der Waals surface area contributed by atoms with Crippen LogP contribution in [0.2, 0.25) is 0 Å². The summed E-state index contributed by atoms with van der Waals surface area (Å²) < 4.78 is 30.7. The summed E-state index contributed by atoms with van der Waals surface area (Å²) in [4.78, 5) is 0. The minimum atomic E-state index is -3.20. The summed E-state index contributed by atoms with van der Waals surface area (Å²) in [5.74, 6) is 0.876. The van der Waals surface area contributed by atoms with Gasteiger partial charge in [0.05, 0.1) is 12.4 Å². The number of ether oxygens (including phenoxy) is 1. The summed E-state index contributed by atoms with van der Waals surface area (Å²) in [5.41, 5.74) is 0.567. The standard InChI is InChI=1S/C11H17NO3S/c1-3-9-16(13,14)12-10-5-7-11(8-6-10)15-4-2/h5-8,12H,3-4,9H2,1-2H3. The molecule has 0 amide bonds. The van der Waals surface area contributed by atoms with E-state index in [9.17, 15) is 8.42 Å². The molecule has 1 aromatic carbocycles. The van der Waals surface area contributed by atoms with Crippen LogP contribution in [-0.2, 0) is 10.0 Å². The highest BCUT2D eigenvalue weighted by Crippen LogP contribution is 2.16. The maximum Gasteiger partial charge on any atom is 0.232 e. The zero-order chi connectivity index (χ0) is 12.0. The van der Waals surface area contributed by atoms with E-state index < -0.39 is 10.0 Å². The third-order valence-electron chi connectivity index (χ3n) is 1.91. The molecule has 16 heavy (non-hydrogen) atoms. The van der Waals surface area contributed by atoms with Crippen LogP contribution in [0.25, 0.3) is 0 Å². The van der Waals surface area contributed by atoms with Crippen molar-refractivity contribution in [1.29, 1.82) is 0 Å². The quantitative estimate of drug-likeness (QED) is 0.833. The lowest BCUT2D eigenvalue weighted by atomic mass is 10.3. The van der Waals surface area contributed by atoms with E-state index in [0.717, 1.165) is 5.75 Å². The predicted molar refractivity (Wildman–Crippen MR) is 65.3 cm³/mol. The van der Waals surface area contributed by atoms with Gasteiger partial charge in [0.25, 0.3) is 0 Å².